The third-order valence-electron chi connectivity index (χ3n) is 4.02. The number of carbonyl (C=O) groups is 1. The molecule has 0 spiro atoms. The van der Waals surface area contributed by atoms with Gasteiger partial charge in [-0.3, -0.25) is 4.79 Å². The van der Waals surface area contributed by atoms with Crippen LogP contribution in [-0.2, 0) is 9.53 Å². The molecule has 1 saturated carbocycles. The maximum absolute atomic E-state index is 11.9. The van der Waals surface area contributed by atoms with Gasteiger partial charge in [0, 0.05) is 6.04 Å². The van der Waals surface area contributed by atoms with E-state index >= 15 is 0 Å². The van der Waals surface area contributed by atoms with E-state index in [1.807, 2.05) is 0 Å². The maximum atomic E-state index is 11.9. The summed E-state index contributed by atoms with van der Waals surface area (Å²) < 4.78 is 4.93. The van der Waals surface area contributed by atoms with Gasteiger partial charge in [0.1, 0.15) is 6.04 Å². The molecule has 0 aliphatic heterocycles. The van der Waals surface area contributed by atoms with Crippen LogP contribution < -0.4 is 5.32 Å². The Morgan fingerprint density at radius 2 is 2.00 bits per heavy atom. The van der Waals surface area contributed by atoms with Crippen LogP contribution >= 0.6 is 0 Å². The molecule has 1 fully saturated rings. The molecule has 3 nitrogen and oxygen atoms in total. The highest BCUT2D eigenvalue weighted by molar-refractivity contribution is 5.75. The minimum absolute atomic E-state index is 0.121. The molecule has 1 aliphatic carbocycles. The number of methoxy groups -OCH3 is 1. The predicted octanol–water partition coefficient (Wildman–Crippen LogP) is 3.38. The van der Waals surface area contributed by atoms with Crippen LogP contribution in [0.15, 0.2) is 0 Å². The number of hydrogen-bond acceptors (Lipinski definition) is 3. The van der Waals surface area contributed by atoms with Crippen molar-refractivity contribution in [2.24, 2.45) is 17.3 Å². The van der Waals surface area contributed by atoms with Gasteiger partial charge >= 0.3 is 5.97 Å². The average molecular weight is 269 g/mol. The van der Waals surface area contributed by atoms with Crippen molar-refractivity contribution in [2.45, 2.75) is 72.4 Å². The summed E-state index contributed by atoms with van der Waals surface area (Å²) in [5.41, 5.74) is 0.369. The van der Waals surface area contributed by atoms with E-state index in [4.69, 9.17) is 4.74 Å². The molecule has 1 aliphatic rings. The smallest absolute Gasteiger partial charge is 0.322 e. The second kappa shape index (κ2) is 6.74. The standard InChI is InChI=1S/C16H31NO2/c1-11(2)7-14(15(18)19-6)17-13-8-12(3)9-16(4,5)10-13/h11-14,17H,7-10H2,1-6H3. The highest BCUT2D eigenvalue weighted by Gasteiger charge is 2.34. The van der Waals surface area contributed by atoms with Gasteiger partial charge in [-0.15, -0.1) is 0 Å². The van der Waals surface area contributed by atoms with Crippen LogP contribution in [0.2, 0.25) is 0 Å². The predicted molar refractivity (Wildman–Crippen MR) is 79.0 cm³/mol. The van der Waals surface area contributed by atoms with Gasteiger partial charge in [-0.25, -0.2) is 0 Å². The van der Waals surface area contributed by atoms with Crippen molar-refractivity contribution in [3.8, 4) is 0 Å². The highest BCUT2D eigenvalue weighted by atomic mass is 16.5. The van der Waals surface area contributed by atoms with Crippen molar-refractivity contribution in [1.82, 2.24) is 5.32 Å². The van der Waals surface area contributed by atoms with E-state index in [1.54, 1.807) is 0 Å². The Labute approximate surface area is 118 Å². The third-order valence-corrected chi connectivity index (χ3v) is 4.02. The van der Waals surface area contributed by atoms with E-state index < -0.39 is 0 Å². The molecular formula is C16H31NO2. The van der Waals surface area contributed by atoms with Crippen molar-refractivity contribution in [1.29, 1.82) is 0 Å². The highest BCUT2D eigenvalue weighted by Crippen LogP contribution is 2.38. The fraction of sp³-hybridized carbons (Fsp3) is 0.938. The Morgan fingerprint density at radius 3 is 2.47 bits per heavy atom. The second-order valence-electron chi connectivity index (χ2n) is 7.48. The molecular weight excluding hydrogens is 238 g/mol. The number of ether oxygens (including phenoxy) is 1. The van der Waals surface area contributed by atoms with E-state index in [-0.39, 0.29) is 12.0 Å². The van der Waals surface area contributed by atoms with Crippen LogP contribution in [0.5, 0.6) is 0 Å². The summed E-state index contributed by atoms with van der Waals surface area (Å²) in [6, 6.07) is 0.276. The largest absolute Gasteiger partial charge is 0.468 e. The first-order chi connectivity index (χ1) is 8.73. The zero-order chi connectivity index (χ0) is 14.6. The molecule has 0 saturated heterocycles. The molecule has 3 unspecified atom stereocenters. The molecule has 0 amide bonds. The molecule has 0 aromatic carbocycles. The van der Waals surface area contributed by atoms with Gasteiger partial charge in [-0.05, 0) is 42.9 Å². The van der Waals surface area contributed by atoms with Gasteiger partial charge in [0.25, 0.3) is 0 Å². The SMILES string of the molecule is COC(=O)C(CC(C)C)NC1CC(C)CC(C)(C)C1. The van der Waals surface area contributed by atoms with E-state index in [0.29, 0.717) is 17.4 Å². The topological polar surface area (TPSA) is 38.3 Å². The van der Waals surface area contributed by atoms with Crippen LogP contribution in [0.4, 0.5) is 0 Å². The third kappa shape index (κ3) is 5.52. The molecule has 3 atom stereocenters. The molecule has 112 valence electrons. The average Bonchev–Trinajstić information content (AvgIpc) is 2.23. The van der Waals surface area contributed by atoms with E-state index in [2.05, 4.69) is 39.9 Å². The van der Waals surface area contributed by atoms with Crippen molar-refractivity contribution in [2.75, 3.05) is 7.11 Å². The lowest BCUT2D eigenvalue weighted by atomic mass is 9.70. The quantitative estimate of drug-likeness (QED) is 0.778. The van der Waals surface area contributed by atoms with Crippen LogP contribution in [0.25, 0.3) is 0 Å². The first-order valence-electron chi connectivity index (χ1n) is 7.57. The summed E-state index contributed by atoms with van der Waals surface area (Å²) >= 11 is 0. The van der Waals surface area contributed by atoms with Crippen LogP contribution in [-0.4, -0.2) is 25.2 Å². The Morgan fingerprint density at radius 1 is 1.37 bits per heavy atom. The Hall–Kier alpha value is -0.570. The lowest BCUT2D eigenvalue weighted by Gasteiger charge is -2.40. The molecule has 3 heteroatoms. The van der Waals surface area contributed by atoms with E-state index in [0.717, 1.165) is 25.2 Å². The molecule has 19 heavy (non-hydrogen) atoms. The Balaban J connectivity index is 2.64. The lowest BCUT2D eigenvalue weighted by molar-refractivity contribution is -0.144. The second-order valence-corrected chi connectivity index (χ2v) is 7.48. The first-order valence-corrected chi connectivity index (χ1v) is 7.57. The fourth-order valence-corrected chi connectivity index (χ4v) is 3.60. The molecule has 0 radical (unpaired) electrons. The number of nitrogens with one attached hydrogen (secondary N) is 1. The van der Waals surface area contributed by atoms with Crippen molar-refractivity contribution in [3.63, 3.8) is 0 Å². The summed E-state index contributed by atoms with van der Waals surface area (Å²) in [5, 5.41) is 3.55. The zero-order valence-electron chi connectivity index (χ0n) is 13.5. The van der Waals surface area contributed by atoms with Crippen molar-refractivity contribution in [3.05, 3.63) is 0 Å². The van der Waals surface area contributed by atoms with Crippen molar-refractivity contribution >= 4 is 5.97 Å². The van der Waals surface area contributed by atoms with Crippen LogP contribution in [0, 0.1) is 17.3 Å². The molecule has 1 rings (SSSR count). The number of esters is 1. The zero-order valence-corrected chi connectivity index (χ0v) is 13.5. The Bertz CT molecular complexity index is 299. The minimum atomic E-state index is -0.156. The summed E-state index contributed by atoms with van der Waals surface area (Å²) in [5.74, 6) is 1.09. The summed E-state index contributed by atoms with van der Waals surface area (Å²) in [7, 11) is 1.48. The van der Waals surface area contributed by atoms with Crippen LogP contribution in [0.3, 0.4) is 0 Å². The molecule has 0 aromatic rings. The van der Waals surface area contributed by atoms with Gasteiger partial charge in [0.05, 0.1) is 7.11 Å². The Kier molecular flexibility index (Phi) is 5.84. The van der Waals surface area contributed by atoms with E-state index in [1.165, 1.54) is 13.5 Å². The number of rotatable bonds is 5. The van der Waals surface area contributed by atoms with Gasteiger partial charge < -0.3 is 10.1 Å². The minimum Gasteiger partial charge on any atom is -0.468 e. The lowest BCUT2D eigenvalue weighted by Crippen LogP contribution is -2.48. The van der Waals surface area contributed by atoms with Gasteiger partial charge in [0.2, 0.25) is 0 Å². The molecule has 1 N–H and O–H groups in total. The fourth-order valence-electron chi connectivity index (χ4n) is 3.60. The maximum Gasteiger partial charge on any atom is 0.322 e. The molecule has 0 aromatic heterocycles. The normalized spacial score (nSPS) is 28.2. The number of hydrogen-bond donors (Lipinski definition) is 1. The molecule has 0 heterocycles. The van der Waals surface area contributed by atoms with E-state index in [9.17, 15) is 4.79 Å². The van der Waals surface area contributed by atoms with Crippen molar-refractivity contribution < 1.29 is 9.53 Å². The molecule has 0 bridgehead atoms. The summed E-state index contributed by atoms with van der Waals surface area (Å²) in [6.07, 6.45) is 4.42. The van der Waals surface area contributed by atoms with Crippen LogP contribution in [0.1, 0.15) is 60.3 Å². The summed E-state index contributed by atoms with van der Waals surface area (Å²) in [6.45, 7) is 11.3. The summed E-state index contributed by atoms with van der Waals surface area (Å²) in [4.78, 5) is 11.9. The van der Waals surface area contributed by atoms with Gasteiger partial charge in [0.15, 0.2) is 0 Å². The monoisotopic (exact) mass is 269 g/mol. The number of carbonyl (C=O) groups excluding carboxylic acids is 1. The van der Waals surface area contributed by atoms with Gasteiger partial charge in [-0.2, -0.15) is 0 Å². The van der Waals surface area contributed by atoms with Gasteiger partial charge in [-0.1, -0.05) is 34.6 Å². The first kappa shape index (κ1) is 16.5.